The second-order valence-electron chi connectivity index (χ2n) is 8.37. The number of pyridine rings is 1. The third kappa shape index (κ3) is 7.25. The fourth-order valence-corrected chi connectivity index (χ4v) is 3.89. The van der Waals surface area contributed by atoms with Gasteiger partial charge in [0.1, 0.15) is 6.54 Å². The highest BCUT2D eigenvalue weighted by atomic mass is 16.3. The van der Waals surface area contributed by atoms with Gasteiger partial charge in [0.05, 0.1) is 11.6 Å². The van der Waals surface area contributed by atoms with Crippen molar-refractivity contribution in [1.82, 2.24) is 5.43 Å². The van der Waals surface area contributed by atoms with E-state index in [0.29, 0.717) is 0 Å². The number of nitrogens with one attached hydrogen (secondary N) is 2. The van der Waals surface area contributed by atoms with Crippen molar-refractivity contribution in [2.45, 2.75) is 51.5 Å². The Hall–Kier alpha value is -3.51. The molecule has 34 heavy (non-hydrogen) atoms. The largest absolute Gasteiger partial charge is 0.396 e. The van der Waals surface area contributed by atoms with Gasteiger partial charge in [0, 0.05) is 25.2 Å². The van der Waals surface area contributed by atoms with Crippen LogP contribution < -0.4 is 15.4 Å². The quantitative estimate of drug-likeness (QED) is 0.206. The molecular formula is C28H34N3O3+. The number of para-hydroxylation sites is 1. The highest BCUT2D eigenvalue weighted by Crippen LogP contribution is 2.21. The summed E-state index contributed by atoms with van der Waals surface area (Å²) in [4.78, 5) is 25.4. The highest BCUT2D eigenvalue weighted by molar-refractivity contribution is 6.38. The molecule has 1 aromatic heterocycles. The van der Waals surface area contributed by atoms with E-state index in [-0.39, 0.29) is 13.0 Å². The summed E-state index contributed by atoms with van der Waals surface area (Å²) in [7, 11) is 0. The number of ketones is 1. The average Bonchev–Trinajstić information content (AvgIpc) is 2.89. The zero-order valence-corrected chi connectivity index (χ0v) is 19.7. The molecule has 0 aliphatic carbocycles. The standard InChI is InChI=1S/C28H33N3O3/c1-2-3-18-31-19-15-22(16-20-31)13-14-24-11-7-8-12-26(24)29-30-28(34)27(33)25(17-21-32)23-9-5-4-6-10-23/h4-12,15-16,19-20,25,32H,2-3,13-14,17-18,21H2,1H3,(H-,29,30,33,34)/p+1. The number of amides is 1. The lowest BCUT2D eigenvalue weighted by atomic mass is 9.91. The molecule has 0 spiro atoms. The first kappa shape index (κ1) is 25.1. The number of carbonyl (C=O) groups is 2. The van der Waals surface area contributed by atoms with Gasteiger partial charge in [-0.2, -0.15) is 0 Å². The molecule has 0 bridgehead atoms. The molecule has 3 N–H and O–H groups in total. The van der Waals surface area contributed by atoms with Crippen LogP contribution in [0, 0.1) is 0 Å². The van der Waals surface area contributed by atoms with E-state index in [1.54, 1.807) is 12.1 Å². The Bertz CT molecular complexity index is 1050. The summed E-state index contributed by atoms with van der Waals surface area (Å²) in [5.74, 6) is -1.98. The normalized spacial score (nSPS) is 11.6. The molecule has 6 heteroatoms. The summed E-state index contributed by atoms with van der Waals surface area (Å²) >= 11 is 0. The Kier molecular flexibility index (Phi) is 9.80. The minimum Gasteiger partial charge on any atom is -0.396 e. The first-order valence-corrected chi connectivity index (χ1v) is 11.9. The van der Waals surface area contributed by atoms with Gasteiger partial charge in [-0.1, -0.05) is 61.9 Å². The van der Waals surface area contributed by atoms with Crippen LogP contribution in [0.3, 0.4) is 0 Å². The van der Waals surface area contributed by atoms with Gasteiger partial charge in [0.2, 0.25) is 5.78 Å². The number of unbranched alkanes of at least 4 members (excludes halogenated alkanes) is 1. The molecule has 0 saturated heterocycles. The third-order valence-electron chi connectivity index (χ3n) is 5.90. The van der Waals surface area contributed by atoms with Crippen molar-refractivity contribution in [2.75, 3.05) is 12.0 Å². The van der Waals surface area contributed by atoms with E-state index >= 15 is 0 Å². The number of anilines is 1. The van der Waals surface area contributed by atoms with Crippen molar-refractivity contribution >= 4 is 17.4 Å². The molecule has 1 amide bonds. The number of aliphatic hydroxyl groups excluding tert-OH is 1. The lowest BCUT2D eigenvalue weighted by molar-refractivity contribution is -0.697. The zero-order chi connectivity index (χ0) is 24.2. The molecule has 0 aliphatic rings. The molecule has 0 fully saturated rings. The lowest BCUT2D eigenvalue weighted by Crippen LogP contribution is -2.38. The molecule has 1 unspecified atom stereocenters. The molecule has 6 nitrogen and oxygen atoms in total. The van der Waals surface area contributed by atoms with E-state index in [4.69, 9.17) is 0 Å². The van der Waals surface area contributed by atoms with Crippen LogP contribution in [-0.2, 0) is 29.0 Å². The first-order valence-electron chi connectivity index (χ1n) is 11.9. The maximum atomic E-state index is 12.8. The number of aromatic nitrogens is 1. The number of aryl methyl sites for hydroxylation is 3. The van der Waals surface area contributed by atoms with Gasteiger partial charge in [0.15, 0.2) is 12.4 Å². The van der Waals surface area contributed by atoms with Gasteiger partial charge in [-0.3, -0.25) is 20.4 Å². The number of carbonyl (C=O) groups excluding carboxylic acids is 2. The van der Waals surface area contributed by atoms with Crippen LogP contribution in [0.15, 0.2) is 79.1 Å². The number of benzene rings is 2. The van der Waals surface area contributed by atoms with Crippen molar-refractivity contribution in [1.29, 1.82) is 0 Å². The molecule has 0 radical (unpaired) electrons. The Morgan fingerprint density at radius 1 is 0.941 bits per heavy atom. The topological polar surface area (TPSA) is 82.3 Å². The first-order chi connectivity index (χ1) is 16.6. The van der Waals surface area contributed by atoms with Crippen molar-refractivity contribution in [3.05, 3.63) is 95.8 Å². The van der Waals surface area contributed by atoms with Gasteiger partial charge in [-0.15, -0.1) is 0 Å². The average molecular weight is 461 g/mol. The van der Waals surface area contributed by atoms with Crippen LogP contribution in [0.25, 0.3) is 0 Å². The minimum atomic E-state index is -0.725. The predicted octanol–water partition coefficient (Wildman–Crippen LogP) is 3.74. The SMILES string of the molecule is CCCC[n+]1ccc(CCc2ccccc2NNC(=O)C(=O)C(CCO)c2ccccc2)cc1. The van der Waals surface area contributed by atoms with Crippen LogP contribution in [0.1, 0.15) is 48.8 Å². The number of aliphatic hydroxyl groups is 1. The Morgan fingerprint density at radius 3 is 2.35 bits per heavy atom. The third-order valence-corrected chi connectivity index (χ3v) is 5.90. The van der Waals surface area contributed by atoms with E-state index < -0.39 is 17.6 Å². The van der Waals surface area contributed by atoms with Crippen molar-refractivity contribution in [2.24, 2.45) is 0 Å². The lowest BCUT2D eigenvalue weighted by Gasteiger charge is -2.16. The second-order valence-corrected chi connectivity index (χ2v) is 8.37. The van der Waals surface area contributed by atoms with Gasteiger partial charge < -0.3 is 5.11 Å². The summed E-state index contributed by atoms with van der Waals surface area (Å²) < 4.78 is 2.20. The maximum absolute atomic E-state index is 12.8. The highest BCUT2D eigenvalue weighted by Gasteiger charge is 2.26. The smallest absolute Gasteiger partial charge is 0.306 e. The Morgan fingerprint density at radius 2 is 1.65 bits per heavy atom. The second kappa shape index (κ2) is 13.3. The van der Waals surface area contributed by atoms with Crippen molar-refractivity contribution in [3.8, 4) is 0 Å². The minimum absolute atomic E-state index is 0.174. The van der Waals surface area contributed by atoms with Crippen LogP contribution in [-0.4, -0.2) is 23.4 Å². The summed E-state index contributed by atoms with van der Waals surface area (Å²) in [5, 5.41) is 9.38. The number of rotatable bonds is 13. The molecular weight excluding hydrogens is 426 g/mol. The van der Waals surface area contributed by atoms with E-state index in [9.17, 15) is 14.7 Å². The van der Waals surface area contributed by atoms with E-state index in [2.05, 4.69) is 46.9 Å². The van der Waals surface area contributed by atoms with Crippen LogP contribution in [0.5, 0.6) is 0 Å². The molecule has 1 heterocycles. The predicted molar refractivity (Wildman–Crippen MR) is 133 cm³/mol. The summed E-state index contributed by atoms with van der Waals surface area (Å²) in [6.45, 7) is 3.05. The number of hydrazine groups is 1. The molecule has 0 aliphatic heterocycles. The molecule has 1 atom stereocenters. The van der Waals surface area contributed by atoms with E-state index in [0.717, 1.165) is 36.2 Å². The van der Waals surface area contributed by atoms with Gasteiger partial charge in [0.25, 0.3) is 0 Å². The van der Waals surface area contributed by atoms with Crippen molar-refractivity contribution in [3.63, 3.8) is 0 Å². The zero-order valence-electron chi connectivity index (χ0n) is 19.7. The summed E-state index contributed by atoms with van der Waals surface area (Å²) in [6, 6.07) is 21.1. The van der Waals surface area contributed by atoms with Gasteiger partial charge in [-0.25, -0.2) is 4.57 Å². The number of hydrogen-bond acceptors (Lipinski definition) is 4. The number of Topliss-reactive ketones (excluding diaryl/α,β-unsaturated/α-hetero) is 1. The van der Waals surface area contributed by atoms with E-state index in [1.165, 1.54) is 18.4 Å². The van der Waals surface area contributed by atoms with Crippen LogP contribution in [0.4, 0.5) is 5.69 Å². The van der Waals surface area contributed by atoms with Gasteiger partial charge in [-0.05, 0) is 42.0 Å². The fourth-order valence-electron chi connectivity index (χ4n) is 3.89. The summed E-state index contributed by atoms with van der Waals surface area (Å²) in [5.41, 5.74) is 9.25. The van der Waals surface area contributed by atoms with Crippen molar-refractivity contribution < 1.29 is 19.3 Å². The Balaban J connectivity index is 1.59. The monoisotopic (exact) mass is 460 g/mol. The molecule has 3 rings (SSSR count). The molecule has 178 valence electrons. The fraction of sp³-hybridized carbons (Fsp3) is 0.321. The van der Waals surface area contributed by atoms with Crippen LogP contribution in [0.2, 0.25) is 0 Å². The van der Waals surface area contributed by atoms with Crippen LogP contribution >= 0.6 is 0 Å². The summed E-state index contributed by atoms with van der Waals surface area (Å²) in [6.07, 6.45) is 8.45. The van der Waals surface area contributed by atoms with E-state index in [1.807, 2.05) is 42.5 Å². The molecule has 2 aromatic carbocycles. The van der Waals surface area contributed by atoms with Gasteiger partial charge >= 0.3 is 5.91 Å². The number of hydrogen-bond donors (Lipinski definition) is 3. The number of nitrogens with zero attached hydrogens (tertiary/aromatic N) is 1. The maximum Gasteiger partial charge on any atom is 0.306 e. The molecule has 0 saturated carbocycles. The molecule has 3 aromatic rings. The Labute approximate surface area is 201 Å².